The number of para-hydroxylation sites is 3. The molecule has 8 heteroatoms. The molecule has 0 atom stereocenters. The Morgan fingerprint density at radius 2 is 1.40 bits per heavy atom. The molecule has 0 amide bonds. The first-order valence-corrected chi connectivity index (χ1v) is 14.5. The van der Waals surface area contributed by atoms with Crippen LogP contribution in [-0.2, 0) is 0 Å². The largest absolute Gasteiger partial charge is 0.495 e. The Bertz CT molecular complexity index is 1570. The number of anilines is 4. The number of aromatic nitrogens is 2. The average Bonchev–Trinajstić information content (AvgIpc) is 3.05. The predicted molar refractivity (Wildman–Crippen MR) is 173 cm³/mol. The first-order chi connectivity index (χ1) is 21.1. The van der Waals surface area contributed by atoms with Crippen LogP contribution in [0.3, 0.4) is 0 Å². The maximum Gasteiger partial charge on any atom is 0.229 e. The molecule has 0 fully saturated rings. The van der Waals surface area contributed by atoms with Gasteiger partial charge in [-0.2, -0.15) is 4.98 Å². The minimum Gasteiger partial charge on any atom is -0.495 e. The Balaban J connectivity index is 1.35. The lowest BCUT2D eigenvalue weighted by molar-refractivity contribution is 0.223. The highest BCUT2D eigenvalue weighted by Crippen LogP contribution is 2.34. The van der Waals surface area contributed by atoms with Crippen molar-refractivity contribution in [1.82, 2.24) is 14.9 Å². The molecule has 0 saturated heterocycles. The van der Waals surface area contributed by atoms with Crippen LogP contribution in [0.25, 0.3) is 11.1 Å². The average molecular weight is 576 g/mol. The molecule has 8 nitrogen and oxygen atoms in total. The van der Waals surface area contributed by atoms with E-state index in [2.05, 4.69) is 34.4 Å². The number of methoxy groups -OCH3 is 1. The van der Waals surface area contributed by atoms with Gasteiger partial charge in [0, 0.05) is 24.0 Å². The Morgan fingerprint density at radius 1 is 0.721 bits per heavy atom. The Labute approximate surface area is 253 Å². The number of hydrogen-bond donors (Lipinski definition) is 2. The number of benzene rings is 4. The molecule has 0 aliphatic carbocycles. The molecule has 0 spiro atoms. The van der Waals surface area contributed by atoms with Crippen molar-refractivity contribution in [3.8, 4) is 34.1 Å². The summed E-state index contributed by atoms with van der Waals surface area (Å²) < 4.78 is 17.5. The van der Waals surface area contributed by atoms with Gasteiger partial charge in [0.2, 0.25) is 5.95 Å². The third-order valence-electron chi connectivity index (χ3n) is 6.97. The van der Waals surface area contributed by atoms with Crippen LogP contribution >= 0.6 is 0 Å². The van der Waals surface area contributed by atoms with Crippen molar-refractivity contribution < 1.29 is 14.2 Å². The van der Waals surface area contributed by atoms with Gasteiger partial charge in [0.05, 0.1) is 12.8 Å². The van der Waals surface area contributed by atoms with Crippen LogP contribution in [0.2, 0.25) is 0 Å². The lowest BCUT2D eigenvalue weighted by atomic mass is 10.1. The molecule has 0 unspecified atom stereocenters. The fourth-order valence-corrected chi connectivity index (χ4v) is 4.55. The van der Waals surface area contributed by atoms with Gasteiger partial charge in [-0.1, -0.05) is 56.3 Å². The quantitative estimate of drug-likeness (QED) is 0.137. The van der Waals surface area contributed by atoms with Crippen LogP contribution in [0, 0.1) is 0 Å². The summed E-state index contributed by atoms with van der Waals surface area (Å²) in [6.45, 7) is 7.91. The predicted octanol–water partition coefficient (Wildman–Crippen LogP) is 8.15. The minimum atomic E-state index is 0.459. The van der Waals surface area contributed by atoms with Crippen LogP contribution in [0.15, 0.2) is 109 Å². The highest BCUT2D eigenvalue weighted by atomic mass is 16.5. The van der Waals surface area contributed by atoms with Crippen molar-refractivity contribution in [3.05, 3.63) is 109 Å². The van der Waals surface area contributed by atoms with E-state index in [1.165, 1.54) is 0 Å². The van der Waals surface area contributed by atoms with E-state index in [0.717, 1.165) is 59.4 Å². The van der Waals surface area contributed by atoms with E-state index in [1.54, 1.807) is 7.11 Å². The molecule has 220 valence electrons. The molecule has 1 aromatic heterocycles. The van der Waals surface area contributed by atoms with Gasteiger partial charge in [0.15, 0.2) is 0 Å². The number of rotatable bonds is 14. The fraction of sp³-hybridized carbons (Fsp3) is 0.200. The molecule has 5 aromatic rings. The Kier molecular flexibility index (Phi) is 10.1. The summed E-state index contributed by atoms with van der Waals surface area (Å²) in [5.41, 5.74) is 3.43. The van der Waals surface area contributed by atoms with Gasteiger partial charge in [0.1, 0.15) is 35.4 Å². The second-order valence-electron chi connectivity index (χ2n) is 9.75. The zero-order chi connectivity index (χ0) is 29.9. The summed E-state index contributed by atoms with van der Waals surface area (Å²) in [7, 11) is 1.65. The van der Waals surface area contributed by atoms with Gasteiger partial charge in [-0.25, -0.2) is 4.98 Å². The van der Waals surface area contributed by atoms with Crippen molar-refractivity contribution >= 4 is 23.1 Å². The number of likely N-dealkylation sites (N-methyl/N-ethyl adjacent to an activating group) is 1. The molecule has 4 aromatic carbocycles. The number of nitrogens with zero attached hydrogens (tertiary/aromatic N) is 3. The van der Waals surface area contributed by atoms with E-state index in [4.69, 9.17) is 19.2 Å². The van der Waals surface area contributed by atoms with Crippen molar-refractivity contribution in [3.63, 3.8) is 0 Å². The van der Waals surface area contributed by atoms with Gasteiger partial charge in [-0.15, -0.1) is 0 Å². The van der Waals surface area contributed by atoms with E-state index in [-0.39, 0.29) is 0 Å². The molecule has 43 heavy (non-hydrogen) atoms. The Morgan fingerprint density at radius 3 is 2.12 bits per heavy atom. The molecule has 5 rings (SSSR count). The molecular formula is C35H37N5O3. The minimum absolute atomic E-state index is 0.459. The smallest absolute Gasteiger partial charge is 0.229 e. The van der Waals surface area contributed by atoms with Crippen molar-refractivity contribution in [2.45, 2.75) is 13.8 Å². The molecule has 0 saturated carbocycles. The van der Waals surface area contributed by atoms with E-state index in [0.29, 0.717) is 24.1 Å². The number of ether oxygens (including phenoxy) is 3. The summed E-state index contributed by atoms with van der Waals surface area (Å²) in [5, 5.41) is 6.77. The van der Waals surface area contributed by atoms with Crippen LogP contribution in [-0.4, -0.2) is 48.2 Å². The van der Waals surface area contributed by atoms with Crippen molar-refractivity contribution in [2.24, 2.45) is 0 Å². The summed E-state index contributed by atoms with van der Waals surface area (Å²) >= 11 is 0. The second kappa shape index (κ2) is 14.7. The first-order valence-electron chi connectivity index (χ1n) is 14.5. The molecule has 0 bridgehead atoms. The van der Waals surface area contributed by atoms with E-state index in [9.17, 15) is 0 Å². The number of nitrogens with one attached hydrogen (secondary N) is 2. The topological polar surface area (TPSA) is 80.8 Å². The third kappa shape index (κ3) is 8.02. The maximum absolute atomic E-state index is 5.98. The summed E-state index contributed by atoms with van der Waals surface area (Å²) in [5.74, 6) is 4.16. The zero-order valence-corrected chi connectivity index (χ0v) is 24.8. The highest BCUT2D eigenvalue weighted by Gasteiger charge is 2.13. The summed E-state index contributed by atoms with van der Waals surface area (Å²) in [6, 6.07) is 33.1. The number of hydrogen-bond acceptors (Lipinski definition) is 8. The molecule has 1 heterocycles. The van der Waals surface area contributed by atoms with Gasteiger partial charge in [0.25, 0.3) is 0 Å². The monoisotopic (exact) mass is 575 g/mol. The van der Waals surface area contributed by atoms with Crippen molar-refractivity contribution in [2.75, 3.05) is 44.0 Å². The maximum atomic E-state index is 5.98. The highest BCUT2D eigenvalue weighted by molar-refractivity contribution is 5.80. The fourth-order valence-electron chi connectivity index (χ4n) is 4.55. The van der Waals surface area contributed by atoms with E-state index in [1.807, 2.05) is 109 Å². The zero-order valence-electron chi connectivity index (χ0n) is 24.8. The van der Waals surface area contributed by atoms with Crippen LogP contribution in [0.5, 0.6) is 23.0 Å². The Hall–Kier alpha value is -5.08. The molecular weight excluding hydrogens is 538 g/mol. The van der Waals surface area contributed by atoms with E-state index < -0.39 is 0 Å². The normalized spacial score (nSPS) is 10.8. The molecule has 2 N–H and O–H groups in total. The van der Waals surface area contributed by atoms with Crippen LogP contribution in [0.4, 0.5) is 23.1 Å². The standard InChI is InChI=1S/C35H37N5O3/c1-4-40(5-2)23-24-42-28-21-17-27(18-22-28)37-35-36-25-31(34(39-35)38-32-13-9-10-14-33(32)41-3)26-15-19-30(20-16-26)43-29-11-7-6-8-12-29/h6-22,25H,4-5,23-24H2,1-3H3,(H2,36,37,38,39). The van der Waals surface area contributed by atoms with Crippen molar-refractivity contribution in [1.29, 1.82) is 0 Å². The molecule has 0 radical (unpaired) electrons. The summed E-state index contributed by atoms with van der Waals surface area (Å²) in [6.07, 6.45) is 1.81. The molecule has 0 aliphatic rings. The molecule has 0 aliphatic heterocycles. The van der Waals surface area contributed by atoms with Gasteiger partial charge < -0.3 is 29.7 Å². The van der Waals surface area contributed by atoms with Gasteiger partial charge in [-0.3, -0.25) is 0 Å². The van der Waals surface area contributed by atoms with Crippen LogP contribution < -0.4 is 24.8 Å². The third-order valence-corrected chi connectivity index (χ3v) is 6.97. The lowest BCUT2D eigenvalue weighted by Crippen LogP contribution is -2.27. The van der Waals surface area contributed by atoms with E-state index >= 15 is 0 Å². The SMILES string of the molecule is CCN(CC)CCOc1ccc(Nc2ncc(-c3ccc(Oc4ccccc4)cc3)c(Nc3ccccc3OC)n2)cc1. The van der Waals surface area contributed by atoms with Gasteiger partial charge in [-0.05, 0) is 79.3 Å². The van der Waals surface area contributed by atoms with Gasteiger partial charge >= 0.3 is 0 Å². The lowest BCUT2D eigenvalue weighted by Gasteiger charge is -2.18. The first kappa shape index (κ1) is 29.4. The summed E-state index contributed by atoms with van der Waals surface area (Å²) in [4.78, 5) is 11.8. The second-order valence-corrected chi connectivity index (χ2v) is 9.75. The van der Waals surface area contributed by atoms with Crippen LogP contribution in [0.1, 0.15) is 13.8 Å².